The maximum atomic E-state index is 12.1. The van der Waals surface area contributed by atoms with Gasteiger partial charge in [-0.25, -0.2) is 4.98 Å². The Hall–Kier alpha value is -1.34. The number of hydrogen-bond acceptors (Lipinski definition) is 6. The van der Waals surface area contributed by atoms with E-state index in [-0.39, 0.29) is 11.9 Å². The van der Waals surface area contributed by atoms with Crippen LogP contribution in [0.2, 0.25) is 0 Å². The highest BCUT2D eigenvalue weighted by atomic mass is 32.1. The van der Waals surface area contributed by atoms with E-state index in [1.807, 2.05) is 0 Å². The molecule has 2 rings (SSSR count). The van der Waals surface area contributed by atoms with E-state index in [1.165, 1.54) is 11.3 Å². The lowest BCUT2D eigenvalue weighted by Gasteiger charge is -2.29. The minimum absolute atomic E-state index is 0.131. The third-order valence-corrected chi connectivity index (χ3v) is 4.46. The second kappa shape index (κ2) is 6.41. The number of carbonyl (C=O) groups excluding carboxylic acids is 1. The largest absolute Gasteiger partial charge is 0.382 e. The summed E-state index contributed by atoms with van der Waals surface area (Å²) in [5.41, 5.74) is 11.8. The summed E-state index contributed by atoms with van der Waals surface area (Å²) in [5, 5.41) is 3.70. The van der Waals surface area contributed by atoms with Crippen molar-refractivity contribution in [3.8, 4) is 0 Å². The number of hydrogen-bond donors (Lipinski definition) is 3. The second-order valence-corrected chi connectivity index (χ2v) is 6.62. The van der Waals surface area contributed by atoms with E-state index in [0.29, 0.717) is 23.2 Å². The highest BCUT2D eigenvalue weighted by molar-refractivity contribution is 7.18. The molecule has 0 aliphatic carbocycles. The molecule has 0 saturated carbocycles. The van der Waals surface area contributed by atoms with Gasteiger partial charge in [0.15, 0.2) is 5.13 Å². The third-order valence-electron chi connectivity index (χ3n) is 3.33. The fraction of sp³-hybridized carbons (Fsp3) is 0.692. The lowest BCUT2D eigenvalue weighted by atomic mass is 10.1. The molecule has 1 saturated heterocycles. The molecule has 0 aromatic carbocycles. The fourth-order valence-corrected chi connectivity index (χ4v) is 3.04. The summed E-state index contributed by atoms with van der Waals surface area (Å²) in [6.07, 6.45) is 1.91. The molecule has 5 N–H and O–H groups in total. The van der Waals surface area contributed by atoms with Gasteiger partial charge in [-0.15, -0.1) is 0 Å². The Morgan fingerprint density at radius 1 is 1.50 bits per heavy atom. The van der Waals surface area contributed by atoms with Gasteiger partial charge in [-0.3, -0.25) is 4.79 Å². The first-order chi connectivity index (χ1) is 9.47. The molecule has 1 aliphatic rings. The van der Waals surface area contributed by atoms with Gasteiger partial charge >= 0.3 is 0 Å². The number of amides is 1. The molecule has 1 aromatic heterocycles. The van der Waals surface area contributed by atoms with Crippen molar-refractivity contribution in [2.45, 2.75) is 32.7 Å². The molecule has 0 atom stereocenters. The lowest BCUT2D eigenvalue weighted by molar-refractivity contribution is 0.0953. The van der Waals surface area contributed by atoms with Crippen molar-refractivity contribution < 1.29 is 4.79 Å². The van der Waals surface area contributed by atoms with Gasteiger partial charge in [0.05, 0.1) is 0 Å². The average molecular weight is 297 g/mol. The van der Waals surface area contributed by atoms with Gasteiger partial charge in [0.1, 0.15) is 10.7 Å². The summed E-state index contributed by atoms with van der Waals surface area (Å²) in [6, 6.07) is 0.275. The second-order valence-electron chi connectivity index (χ2n) is 5.64. The summed E-state index contributed by atoms with van der Waals surface area (Å²) in [4.78, 5) is 19.1. The number of nitrogen functional groups attached to an aromatic ring is 1. The van der Waals surface area contributed by atoms with Crippen molar-refractivity contribution in [1.29, 1.82) is 0 Å². The molecule has 1 aliphatic heterocycles. The number of thiazole rings is 1. The number of piperidine rings is 1. The normalized spacial score (nSPS) is 16.7. The van der Waals surface area contributed by atoms with E-state index in [1.54, 1.807) is 0 Å². The first kappa shape index (κ1) is 15.1. The number of carbonyl (C=O) groups is 1. The van der Waals surface area contributed by atoms with Gasteiger partial charge in [-0.05, 0) is 18.8 Å². The number of anilines is 2. The average Bonchev–Trinajstić information content (AvgIpc) is 2.79. The van der Waals surface area contributed by atoms with Crippen LogP contribution in [0.1, 0.15) is 36.4 Å². The molecule has 6 nitrogen and oxygen atoms in total. The number of nitrogens with two attached hydrogens (primary N) is 2. The van der Waals surface area contributed by atoms with Gasteiger partial charge in [0.25, 0.3) is 5.91 Å². The van der Waals surface area contributed by atoms with Gasteiger partial charge in [-0.2, -0.15) is 0 Å². The fourth-order valence-electron chi connectivity index (χ4n) is 2.09. The van der Waals surface area contributed by atoms with Crippen molar-refractivity contribution in [3.63, 3.8) is 0 Å². The maximum absolute atomic E-state index is 12.1. The zero-order valence-corrected chi connectivity index (χ0v) is 12.9. The summed E-state index contributed by atoms with van der Waals surface area (Å²) >= 11 is 1.36. The molecular weight excluding hydrogens is 274 g/mol. The smallest absolute Gasteiger partial charge is 0.265 e. The van der Waals surface area contributed by atoms with E-state index >= 15 is 0 Å². The molecule has 0 bridgehead atoms. The van der Waals surface area contributed by atoms with Crippen molar-refractivity contribution >= 4 is 28.2 Å². The van der Waals surface area contributed by atoms with Crippen molar-refractivity contribution in [2.24, 2.45) is 11.7 Å². The monoisotopic (exact) mass is 297 g/mol. The molecule has 2 heterocycles. The van der Waals surface area contributed by atoms with Crippen LogP contribution in [-0.2, 0) is 0 Å². The number of nitrogens with one attached hydrogen (secondary N) is 1. The molecular formula is C13H23N5OS. The van der Waals surface area contributed by atoms with Crippen LogP contribution < -0.4 is 21.7 Å². The predicted molar refractivity (Wildman–Crippen MR) is 83.1 cm³/mol. The SMILES string of the molecule is CC(C)CNC(=O)c1sc(N2CCC(N)CC2)nc1N. The van der Waals surface area contributed by atoms with Crippen LogP contribution in [0.5, 0.6) is 0 Å². The first-order valence-electron chi connectivity index (χ1n) is 7.02. The minimum atomic E-state index is -0.131. The Balaban J connectivity index is 2.03. The van der Waals surface area contributed by atoms with Crippen LogP contribution in [0.4, 0.5) is 10.9 Å². The summed E-state index contributed by atoms with van der Waals surface area (Å²) in [6.45, 7) is 6.50. The van der Waals surface area contributed by atoms with Gasteiger partial charge in [0, 0.05) is 25.7 Å². The Morgan fingerprint density at radius 3 is 2.75 bits per heavy atom. The molecule has 20 heavy (non-hydrogen) atoms. The summed E-state index contributed by atoms with van der Waals surface area (Å²) in [7, 11) is 0. The Morgan fingerprint density at radius 2 is 2.15 bits per heavy atom. The van der Waals surface area contributed by atoms with Crippen LogP contribution >= 0.6 is 11.3 Å². The van der Waals surface area contributed by atoms with E-state index in [4.69, 9.17) is 11.5 Å². The van der Waals surface area contributed by atoms with Gasteiger partial charge in [0.2, 0.25) is 0 Å². The molecule has 1 aromatic rings. The van der Waals surface area contributed by atoms with Gasteiger partial charge < -0.3 is 21.7 Å². The Kier molecular flexibility index (Phi) is 4.82. The number of nitrogens with zero attached hydrogens (tertiary/aromatic N) is 2. The van der Waals surface area contributed by atoms with E-state index in [0.717, 1.165) is 31.1 Å². The highest BCUT2D eigenvalue weighted by Gasteiger charge is 2.22. The molecule has 1 amide bonds. The van der Waals surface area contributed by atoms with Gasteiger partial charge in [-0.1, -0.05) is 25.2 Å². The van der Waals surface area contributed by atoms with E-state index in [2.05, 4.69) is 29.0 Å². The van der Waals surface area contributed by atoms with Crippen LogP contribution in [-0.4, -0.2) is 36.6 Å². The highest BCUT2D eigenvalue weighted by Crippen LogP contribution is 2.29. The standard InChI is InChI=1S/C13H23N5OS/c1-8(2)7-16-12(19)10-11(15)17-13(20-10)18-5-3-9(14)4-6-18/h8-9H,3-7,14-15H2,1-2H3,(H,16,19). The number of rotatable bonds is 4. The first-order valence-corrected chi connectivity index (χ1v) is 7.84. The molecule has 0 spiro atoms. The summed E-state index contributed by atoms with van der Waals surface area (Å²) < 4.78 is 0. The molecule has 0 unspecified atom stereocenters. The zero-order chi connectivity index (χ0) is 14.7. The van der Waals surface area contributed by atoms with Crippen molar-refractivity contribution in [1.82, 2.24) is 10.3 Å². The lowest BCUT2D eigenvalue weighted by Crippen LogP contribution is -2.39. The maximum Gasteiger partial charge on any atom is 0.265 e. The van der Waals surface area contributed by atoms with Crippen molar-refractivity contribution in [3.05, 3.63) is 4.88 Å². The summed E-state index contributed by atoms with van der Waals surface area (Å²) in [5.74, 6) is 0.603. The van der Waals surface area contributed by atoms with Crippen molar-refractivity contribution in [2.75, 3.05) is 30.3 Å². The number of aromatic nitrogens is 1. The molecule has 1 fully saturated rings. The Labute approximate surface area is 123 Å². The predicted octanol–water partition coefficient (Wildman–Crippen LogP) is 1.04. The quantitative estimate of drug-likeness (QED) is 0.771. The van der Waals surface area contributed by atoms with Crippen LogP contribution in [0.3, 0.4) is 0 Å². The molecule has 7 heteroatoms. The van der Waals surface area contributed by atoms with Crippen LogP contribution in [0, 0.1) is 5.92 Å². The van der Waals surface area contributed by atoms with E-state index < -0.39 is 0 Å². The topological polar surface area (TPSA) is 97.3 Å². The van der Waals surface area contributed by atoms with Crippen LogP contribution in [0.15, 0.2) is 0 Å². The Bertz CT molecular complexity index is 465. The molecule has 112 valence electrons. The minimum Gasteiger partial charge on any atom is -0.382 e. The molecule has 0 radical (unpaired) electrons. The van der Waals surface area contributed by atoms with E-state index in [9.17, 15) is 4.79 Å². The van der Waals surface area contributed by atoms with Crippen LogP contribution in [0.25, 0.3) is 0 Å². The zero-order valence-electron chi connectivity index (χ0n) is 12.1. The third kappa shape index (κ3) is 3.61.